The number of hydrogen-bond acceptors (Lipinski definition) is 7. The highest BCUT2D eigenvalue weighted by molar-refractivity contribution is 6.33. The van der Waals surface area contributed by atoms with Gasteiger partial charge in [0.15, 0.2) is 6.10 Å². The number of halogens is 1. The number of ether oxygens (including phenoxy) is 1. The van der Waals surface area contributed by atoms with Crippen LogP contribution in [0.2, 0.25) is 5.02 Å². The molecule has 1 amide bonds. The zero-order chi connectivity index (χ0) is 20.7. The van der Waals surface area contributed by atoms with E-state index in [2.05, 4.69) is 10.6 Å². The number of hydrogen-bond donors (Lipinski definition) is 3. The van der Waals surface area contributed by atoms with Gasteiger partial charge in [0.25, 0.3) is 11.6 Å². The molecule has 2 aromatic rings. The maximum Gasteiger partial charge on any atom is 0.341 e. The molecule has 0 saturated heterocycles. The predicted octanol–water partition coefficient (Wildman–Crippen LogP) is 2.84. The summed E-state index contributed by atoms with van der Waals surface area (Å²) in [5, 5.41) is 25.5. The first-order valence-electron chi connectivity index (χ1n) is 8.23. The molecule has 0 heterocycles. The summed E-state index contributed by atoms with van der Waals surface area (Å²) in [6.45, 7) is 1.28. The van der Waals surface area contributed by atoms with Gasteiger partial charge >= 0.3 is 5.97 Å². The lowest BCUT2D eigenvalue weighted by Gasteiger charge is -2.16. The van der Waals surface area contributed by atoms with Crippen molar-refractivity contribution in [3.05, 3.63) is 63.2 Å². The lowest BCUT2D eigenvalue weighted by molar-refractivity contribution is -0.384. The second kappa shape index (κ2) is 9.67. The SMILES string of the molecule is C[C@@H](OC(=O)c1cc([N+](=O)[O-])ccc1NCCO)C(=O)Nc1ccccc1Cl. The number of amides is 1. The van der Waals surface area contributed by atoms with Gasteiger partial charge < -0.3 is 20.5 Å². The Morgan fingerprint density at radius 3 is 2.61 bits per heavy atom. The van der Waals surface area contributed by atoms with Crippen LogP contribution in [0.5, 0.6) is 0 Å². The van der Waals surface area contributed by atoms with Gasteiger partial charge in [0, 0.05) is 24.4 Å². The maximum atomic E-state index is 12.5. The monoisotopic (exact) mass is 407 g/mol. The summed E-state index contributed by atoms with van der Waals surface area (Å²) in [7, 11) is 0. The number of esters is 1. The average molecular weight is 408 g/mol. The Labute approximate surface area is 165 Å². The minimum atomic E-state index is -1.19. The van der Waals surface area contributed by atoms with Crippen LogP contribution in [0.4, 0.5) is 17.1 Å². The van der Waals surface area contributed by atoms with E-state index in [9.17, 15) is 19.7 Å². The molecule has 2 aromatic carbocycles. The van der Waals surface area contributed by atoms with E-state index in [1.165, 1.54) is 19.1 Å². The molecule has 28 heavy (non-hydrogen) atoms. The molecule has 0 aliphatic rings. The molecule has 3 N–H and O–H groups in total. The van der Waals surface area contributed by atoms with Gasteiger partial charge in [-0.25, -0.2) is 4.79 Å². The number of nitro groups is 1. The fourth-order valence-corrected chi connectivity index (χ4v) is 2.42. The number of aliphatic hydroxyl groups is 1. The van der Waals surface area contributed by atoms with Crippen molar-refractivity contribution >= 4 is 40.5 Å². The normalized spacial score (nSPS) is 11.4. The number of benzene rings is 2. The van der Waals surface area contributed by atoms with Crippen molar-refractivity contribution in [3.8, 4) is 0 Å². The largest absolute Gasteiger partial charge is 0.449 e. The van der Waals surface area contributed by atoms with Crippen LogP contribution in [0.1, 0.15) is 17.3 Å². The van der Waals surface area contributed by atoms with Crippen LogP contribution in [0.3, 0.4) is 0 Å². The summed E-state index contributed by atoms with van der Waals surface area (Å²) in [5.74, 6) is -1.54. The number of carbonyl (C=O) groups excluding carboxylic acids is 2. The van der Waals surface area contributed by atoms with Gasteiger partial charge in [0.05, 0.1) is 27.8 Å². The third-order valence-electron chi connectivity index (χ3n) is 3.65. The zero-order valence-electron chi connectivity index (χ0n) is 14.8. The van der Waals surface area contributed by atoms with Gasteiger partial charge in [-0.3, -0.25) is 14.9 Å². The molecule has 0 saturated carbocycles. The van der Waals surface area contributed by atoms with Crippen molar-refractivity contribution in [1.29, 1.82) is 0 Å². The van der Waals surface area contributed by atoms with E-state index in [0.717, 1.165) is 6.07 Å². The second-order valence-electron chi connectivity index (χ2n) is 5.65. The van der Waals surface area contributed by atoms with Crippen molar-refractivity contribution in [3.63, 3.8) is 0 Å². The summed E-state index contributed by atoms with van der Waals surface area (Å²) >= 11 is 5.98. The quantitative estimate of drug-likeness (QED) is 0.348. The molecule has 0 unspecified atom stereocenters. The Kier molecular flexibility index (Phi) is 7.30. The first-order valence-corrected chi connectivity index (χ1v) is 8.60. The number of nitrogens with zero attached hydrogens (tertiary/aromatic N) is 1. The molecular weight excluding hydrogens is 390 g/mol. The number of nitrogens with one attached hydrogen (secondary N) is 2. The molecule has 0 spiro atoms. The average Bonchev–Trinajstić information content (AvgIpc) is 2.67. The van der Waals surface area contributed by atoms with Crippen molar-refractivity contribution in [1.82, 2.24) is 0 Å². The summed E-state index contributed by atoms with van der Waals surface area (Å²) in [6.07, 6.45) is -1.19. The summed E-state index contributed by atoms with van der Waals surface area (Å²) in [6, 6.07) is 10.1. The van der Waals surface area contributed by atoms with E-state index in [0.29, 0.717) is 10.7 Å². The van der Waals surface area contributed by atoms with Gasteiger partial charge in [0.2, 0.25) is 0 Å². The van der Waals surface area contributed by atoms with E-state index in [-0.39, 0.29) is 30.1 Å². The number of nitro benzene ring substituents is 1. The Bertz CT molecular complexity index is 889. The molecule has 0 fully saturated rings. The highest BCUT2D eigenvalue weighted by atomic mass is 35.5. The smallest absolute Gasteiger partial charge is 0.341 e. The lowest BCUT2D eigenvalue weighted by Crippen LogP contribution is -2.30. The summed E-state index contributed by atoms with van der Waals surface area (Å²) < 4.78 is 5.15. The van der Waals surface area contributed by atoms with E-state index >= 15 is 0 Å². The zero-order valence-corrected chi connectivity index (χ0v) is 15.6. The Hall–Kier alpha value is -3.17. The first kappa shape index (κ1) is 21.1. The van der Waals surface area contributed by atoms with Crippen molar-refractivity contribution in [2.24, 2.45) is 0 Å². The predicted molar refractivity (Wildman–Crippen MR) is 104 cm³/mol. The van der Waals surface area contributed by atoms with Crippen LogP contribution in [0, 0.1) is 10.1 Å². The maximum absolute atomic E-state index is 12.5. The third kappa shape index (κ3) is 5.41. The number of non-ortho nitro benzene ring substituents is 1. The molecule has 148 valence electrons. The highest BCUT2D eigenvalue weighted by Crippen LogP contribution is 2.24. The van der Waals surface area contributed by atoms with Gasteiger partial charge in [-0.1, -0.05) is 23.7 Å². The molecule has 1 atom stereocenters. The fourth-order valence-electron chi connectivity index (χ4n) is 2.23. The van der Waals surface area contributed by atoms with Crippen LogP contribution in [-0.4, -0.2) is 41.2 Å². The molecular formula is C18H18ClN3O6. The van der Waals surface area contributed by atoms with Crippen LogP contribution in [-0.2, 0) is 9.53 Å². The molecule has 2 rings (SSSR count). The number of anilines is 2. The van der Waals surface area contributed by atoms with Crippen LogP contribution < -0.4 is 10.6 Å². The summed E-state index contributed by atoms with van der Waals surface area (Å²) in [4.78, 5) is 35.1. The molecule has 0 radical (unpaired) electrons. The number of para-hydroxylation sites is 1. The molecule has 9 nitrogen and oxygen atoms in total. The second-order valence-corrected chi connectivity index (χ2v) is 6.06. The van der Waals surface area contributed by atoms with Crippen molar-refractivity contribution < 1.29 is 24.4 Å². The minimum Gasteiger partial charge on any atom is -0.449 e. The van der Waals surface area contributed by atoms with Crippen LogP contribution in [0.25, 0.3) is 0 Å². The molecule has 0 aromatic heterocycles. The number of carbonyl (C=O) groups is 2. The molecule has 0 aliphatic carbocycles. The Morgan fingerprint density at radius 2 is 1.96 bits per heavy atom. The topological polar surface area (TPSA) is 131 Å². The van der Waals surface area contributed by atoms with E-state index in [4.69, 9.17) is 21.4 Å². The van der Waals surface area contributed by atoms with Crippen LogP contribution in [0.15, 0.2) is 42.5 Å². The number of rotatable bonds is 8. The standard InChI is InChI=1S/C18H18ClN3O6/c1-11(17(24)21-16-5-3-2-4-14(16)19)28-18(25)13-10-12(22(26)27)6-7-15(13)20-8-9-23/h2-7,10-11,20,23H,8-9H2,1H3,(H,21,24)/t11-/m1/s1. The Morgan fingerprint density at radius 1 is 1.25 bits per heavy atom. The minimum absolute atomic E-state index is 0.125. The number of aliphatic hydroxyl groups excluding tert-OH is 1. The first-order chi connectivity index (χ1) is 13.3. The van der Waals surface area contributed by atoms with E-state index < -0.39 is 22.9 Å². The van der Waals surface area contributed by atoms with Crippen molar-refractivity contribution in [2.45, 2.75) is 13.0 Å². The van der Waals surface area contributed by atoms with E-state index in [1.807, 2.05) is 0 Å². The summed E-state index contributed by atoms with van der Waals surface area (Å²) in [5.41, 5.74) is 0.163. The van der Waals surface area contributed by atoms with E-state index in [1.54, 1.807) is 24.3 Å². The van der Waals surface area contributed by atoms with Crippen molar-refractivity contribution in [2.75, 3.05) is 23.8 Å². The molecule has 10 heteroatoms. The third-order valence-corrected chi connectivity index (χ3v) is 3.98. The Balaban J connectivity index is 2.15. The van der Waals surface area contributed by atoms with Crippen LogP contribution >= 0.6 is 11.6 Å². The molecule has 0 bridgehead atoms. The van der Waals surface area contributed by atoms with Gasteiger partial charge in [-0.2, -0.15) is 0 Å². The fraction of sp³-hybridized carbons (Fsp3) is 0.222. The lowest BCUT2D eigenvalue weighted by atomic mass is 10.1. The molecule has 0 aliphatic heterocycles. The van der Waals surface area contributed by atoms with Gasteiger partial charge in [-0.15, -0.1) is 0 Å². The van der Waals surface area contributed by atoms with Gasteiger partial charge in [0.1, 0.15) is 0 Å². The highest BCUT2D eigenvalue weighted by Gasteiger charge is 2.23. The van der Waals surface area contributed by atoms with Gasteiger partial charge in [-0.05, 0) is 25.1 Å².